The molecule has 14 heavy (non-hydrogen) atoms. The topological polar surface area (TPSA) is 34.1 Å². The number of hydrogen-bond acceptors (Lipinski definition) is 2. The first-order chi connectivity index (χ1) is 6.48. The van der Waals surface area contributed by atoms with Crippen molar-refractivity contribution in [3.63, 3.8) is 0 Å². The van der Waals surface area contributed by atoms with Gasteiger partial charge >= 0.3 is 0 Å². The van der Waals surface area contributed by atoms with E-state index in [2.05, 4.69) is 0 Å². The summed E-state index contributed by atoms with van der Waals surface area (Å²) in [6, 6.07) is 7.92. The highest BCUT2D eigenvalue weighted by molar-refractivity contribution is 8.14. The highest BCUT2D eigenvalue weighted by atomic mass is 35.7. The second kappa shape index (κ2) is 3.24. The average Bonchev–Trinajstić information content (AvgIpc) is 2.81. The van der Waals surface area contributed by atoms with Crippen molar-refractivity contribution in [2.24, 2.45) is 0 Å². The summed E-state index contributed by atoms with van der Waals surface area (Å²) in [7, 11) is 1.92. The van der Waals surface area contributed by atoms with Crippen LogP contribution in [0.3, 0.4) is 0 Å². The molecule has 1 aromatic carbocycles. The van der Waals surface area contributed by atoms with Crippen LogP contribution in [0.1, 0.15) is 23.5 Å². The Morgan fingerprint density at radius 2 is 2.14 bits per heavy atom. The summed E-state index contributed by atoms with van der Waals surface area (Å²) in [6.45, 7) is 2.00. The van der Waals surface area contributed by atoms with Crippen molar-refractivity contribution in [1.82, 2.24) is 0 Å². The van der Waals surface area contributed by atoms with Crippen molar-refractivity contribution in [3.05, 3.63) is 35.4 Å². The second-order valence-electron chi connectivity index (χ2n) is 3.77. The highest BCUT2D eigenvalue weighted by Gasteiger charge is 2.47. The van der Waals surface area contributed by atoms with Crippen molar-refractivity contribution in [1.29, 1.82) is 0 Å². The summed E-state index contributed by atoms with van der Waals surface area (Å²) < 4.78 is 22.1. The zero-order valence-electron chi connectivity index (χ0n) is 7.77. The van der Waals surface area contributed by atoms with Crippen LogP contribution in [-0.4, -0.2) is 13.7 Å². The second-order valence-corrected chi connectivity index (χ2v) is 6.62. The van der Waals surface area contributed by atoms with Gasteiger partial charge in [0.05, 0.1) is 5.25 Å². The van der Waals surface area contributed by atoms with Crippen LogP contribution < -0.4 is 0 Å². The van der Waals surface area contributed by atoms with E-state index in [1.54, 1.807) is 0 Å². The standard InChI is InChI=1S/C10H11ClO2S/c1-7-3-2-4-8(5-7)9-6-10(9)14(11,12)13/h2-5,9-10H,6H2,1H3. The molecule has 0 saturated heterocycles. The number of aryl methyl sites for hydroxylation is 1. The quantitative estimate of drug-likeness (QED) is 0.732. The Balaban J connectivity index is 2.22. The molecule has 0 aliphatic heterocycles. The number of hydrogen-bond donors (Lipinski definition) is 0. The van der Waals surface area contributed by atoms with Crippen LogP contribution in [0.4, 0.5) is 0 Å². The molecule has 0 bridgehead atoms. The maximum Gasteiger partial charge on any atom is 0.236 e. The molecule has 0 amide bonds. The van der Waals surface area contributed by atoms with Gasteiger partial charge < -0.3 is 0 Å². The van der Waals surface area contributed by atoms with Crippen LogP contribution in [0.5, 0.6) is 0 Å². The molecule has 1 fully saturated rings. The van der Waals surface area contributed by atoms with Crippen molar-refractivity contribution in [3.8, 4) is 0 Å². The van der Waals surface area contributed by atoms with Crippen LogP contribution in [-0.2, 0) is 9.05 Å². The van der Waals surface area contributed by atoms with Crippen LogP contribution in [0.25, 0.3) is 0 Å². The molecule has 2 unspecified atom stereocenters. The van der Waals surface area contributed by atoms with Gasteiger partial charge in [0.1, 0.15) is 0 Å². The molecular weight excluding hydrogens is 220 g/mol. The van der Waals surface area contributed by atoms with Crippen molar-refractivity contribution >= 4 is 19.7 Å². The minimum atomic E-state index is -3.37. The van der Waals surface area contributed by atoms with Gasteiger partial charge in [-0.2, -0.15) is 0 Å². The van der Waals surface area contributed by atoms with Crippen LogP contribution >= 0.6 is 10.7 Å². The predicted octanol–water partition coefficient (Wildman–Crippen LogP) is 2.42. The summed E-state index contributed by atoms with van der Waals surface area (Å²) in [5.74, 6) is 0.109. The third-order valence-corrected chi connectivity index (χ3v) is 4.49. The lowest BCUT2D eigenvalue weighted by Gasteiger charge is -1.99. The van der Waals surface area contributed by atoms with E-state index in [9.17, 15) is 8.42 Å². The van der Waals surface area contributed by atoms with E-state index in [1.165, 1.54) is 0 Å². The summed E-state index contributed by atoms with van der Waals surface area (Å²) in [5.41, 5.74) is 2.24. The molecular formula is C10H11ClO2S. The molecule has 1 aliphatic rings. The summed E-state index contributed by atoms with van der Waals surface area (Å²) in [5, 5.41) is -0.369. The van der Waals surface area contributed by atoms with E-state index >= 15 is 0 Å². The molecule has 2 rings (SSSR count). The molecule has 0 N–H and O–H groups in total. The molecule has 2 atom stereocenters. The van der Waals surface area contributed by atoms with Crippen LogP contribution in [0.2, 0.25) is 0 Å². The van der Waals surface area contributed by atoms with Crippen LogP contribution in [0.15, 0.2) is 24.3 Å². The molecule has 1 saturated carbocycles. The zero-order chi connectivity index (χ0) is 10.3. The number of rotatable bonds is 2. The van der Waals surface area contributed by atoms with Gasteiger partial charge in [-0.3, -0.25) is 0 Å². The van der Waals surface area contributed by atoms with E-state index in [1.807, 2.05) is 31.2 Å². The lowest BCUT2D eigenvalue weighted by molar-refractivity contribution is 0.607. The fourth-order valence-electron chi connectivity index (χ4n) is 1.73. The first-order valence-corrected chi connectivity index (χ1v) is 6.86. The molecule has 2 nitrogen and oxygen atoms in total. The van der Waals surface area contributed by atoms with E-state index in [4.69, 9.17) is 10.7 Å². The normalized spacial score (nSPS) is 26.1. The van der Waals surface area contributed by atoms with Gasteiger partial charge in [0.15, 0.2) is 0 Å². The fraction of sp³-hybridized carbons (Fsp3) is 0.400. The molecule has 0 spiro atoms. The Kier molecular flexibility index (Phi) is 2.32. The number of benzene rings is 1. The first-order valence-electron chi connectivity index (χ1n) is 4.48. The average molecular weight is 231 g/mol. The Labute approximate surface area is 88.3 Å². The maximum atomic E-state index is 11.0. The molecule has 76 valence electrons. The third kappa shape index (κ3) is 1.93. The molecule has 0 heterocycles. The summed E-state index contributed by atoms with van der Waals surface area (Å²) in [4.78, 5) is 0. The largest absolute Gasteiger partial charge is 0.236 e. The monoisotopic (exact) mass is 230 g/mol. The van der Waals surface area contributed by atoms with Crippen LogP contribution in [0, 0.1) is 6.92 Å². The maximum absolute atomic E-state index is 11.0. The minimum Gasteiger partial charge on any atom is -0.212 e. The Hall–Kier alpha value is -0.540. The smallest absolute Gasteiger partial charge is 0.212 e. The lowest BCUT2D eigenvalue weighted by atomic mass is 10.1. The van der Waals surface area contributed by atoms with Gasteiger partial charge in [0, 0.05) is 16.6 Å². The van der Waals surface area contributed by atoms with Gasteiger partial charge in [-0.25, -0.2) is 8.42 Å². The van der Waals surface area contributed by atoms with E-state index in [-0.39, 0.29) is 11.2 Å². The van der Waals surface area contributed by atoms with Gasteiger partial charge in [-0.05, 0) is 18.9 Å². The van der Waals surface area contributed by atoms with Crippen molar-refractivity contribution in [2.45, 2.75) is 24.5 Å². The number of halogens is 1. The lowest BCUT2D eigenvalue weighted by Crippen LogP contribution is -1.99. The summed E-state index contributed by atoms with van der Waals surface area (Å²) in [6.07, 6.45) is 0.662. The Morgan fingerprint density at radius 1 is 1.43 bits per heavy atom. The molecule has 0 radical (unpaired) electrons. The highest BCUT2D eigenvalue weighted by Crippen LogP contribution is 2.47. The summed E-state index contributed by atoms with van der Waals surface area (Å²) >= 11 is 0. The SMILES string of the molecule is Cc1cccc(C2CC2S(=O)(=O)Cl)c1. The third-order valence-electron chi connectivity index (χ3n) is 2.56. The first kappa shape index (κ1) is 9.99. The van der Waals surface area contributed by atoms with Gasteiger partial charge in [-0.15, -0.1) is 0 Å². The zero-order valence-corrected chi connectivity index (χ0v) is 9.35. The van der Waals surface area contributed by atoms with Gasteiger partial charge in [0.25, 0.3) is 0 Å². The minimum absolute atomic E-state index is 0.109. The molecule has 4 heteroatoms. The van der Waals surface area contributed by atoms with Crippen molar-refractivity contribution < 1.29 is 8.42 Å². The molecule has 1 aliphatic carbocycles. The van der Waals surface area contributed by atoms with Gasteiger partial charge in [0.2, 0.25) is 9.05 Å². The van der Waals surface area contributed by atoms with Crippen molar-refractivity contribution in [2.75, 3.05) is 0 Å². The van der Waals surface area contributed by atoms with E-state index in [0.29, 0.717) is 6.42 Å². The predicted molar refractivity (Wildman–Crippen MR) is 57.1 cm³/mol. The van der Waals surface area contributed by atoms with E-state index in [0.717, 1.165) is 11.1 Å². The van der Waals surface area contributed by atoms with E-state index < -0.39 is 9.05 Å². The Morgan fingerprint density at radius 3 is 2.64 bits per heavy atom. The molecule has 0 aromatic heterocycles. The fourth-order valence-corrected chi connectivity index (χ4v) is 3.31. The van der Waals surface area contributed by atoms with Gasteiger partial charge in [-0.1, -0.05) is 29.8 Å². The Bertz CT molecular complexity index is 453. The molecule has 1 aromatic rings.